The molecule has 0 fully saturated rings. The maximum Gasteiger partial charge on any atom is 0.207 e. The van der Waals surface area contributed by atoms with Crippen LogP contribution in [0.25, 0.3) is 0 Å². The average molecular weight is 135 g/mol. The van der Waals surface area contributed by atoms with Gasteiger partial charge in [0.2, 0.25) is 6.41 Å². The van der Waals surface area contributed by atoms with E-state index in [1.165, 1.54) is 0 Å². The Balaban J connectivity index is 0. The summed E-state index contributed by atoms with van der Waals surface area (Å²) in [5, 5.41) is 2.43. The van der Waals surface area contributed by atoms with Gasteiger partial charge in [-0.25, -0.2) is 0 Å². The Morgan fingerprint density at radius 3 is 2.00 bits per heavy atom. The molecule has 3 heteroatoms. The van der Waals surface area contributed by atoms with Crippen molar-refractivity contribution < 1.29 is 4.79 Å². The highest BCUT2D eigenvalue weighted by Crippen LogP contribution is 1.58. The van der Waals surface area contributed by atoms with Crippen molar-refractivity contribution in [1.29, 1.82) is 0 Å². The van der Waals surface area contributed by atoms with Crippen LogP contribution in [0.2, 0.25) is 0 Å². The van der Waals surface area contributed by atoms with Crippen molar-refractivity contribution in [2.24, 2.45) is 0 Å². The van der Waals surface area contributed by atoms with Gasteiger partial charge in [0.05, 0.1) is 0 Å². The van der Waals surface area contributed by atoms with Crippen LogP contribution in [0.1, 0.15) is 13.8 Å². The summed E-state index contributed by atoms with van der Waals surface area (Å²) in [6, 6.07) is 0. The average Bonchev–Trinajstić information content (AvgIpc) is 1.71. The molecule has 0 bridgehead atoms. The van der Waals surface area contributed by atoms with Gasteiger partial charge in [-0.15, -0.1) is 0 Å². The first-order chi connectivity index (χ1) is 3.83. The standard InChI is InChI=1S/C3H7NO.C2H6S/c1-2-4-3-5;1-2-3/h3H,2H2,1H3,(H,4,5);3H,2H2,1H3. The van der Waals surface area contributed by atoms with Crippen LogP contribution in [-0.2, 0) is 4.79 Å². The molecule has 0 aromatic carbocycles. The van der Waals surface area contributed by atoms with Gasteiger partial charge in [0, 0.05) is 6.54 Å². The van der Waals surface area contributed by atoms with E-state index in [4.69, 9.17) is 0 Å². The first-order valence-corrected chi connectivity index (χ1v) is 3.24. The third-order valence-corrected chi connectivity index (χ3v) is 0.287. The third-order valence-electron chi connectivity index (χ3n) is 0.287. The summed E-state index contributed by atoms with van der Waals surface area (Å²) < 4.78 is 0. The molecule has 0 spiro atoms. The minimum atomic E-state index is 0.681. The lowest BCUT2D eigenvalue weighted by Crippen LogP contribution is -2.07. The molecule has 0 saturated heterocycles. The number of hydrogen-bond acceptors (Lipinski definition) is 2. The molecule has 0 heterocycles. The van der Waals surface area contributed by atoms with Gasteiger partial charge < -0.3 is 5.32 Å². The molecule has 0 rings (SSSR count). The van der Waals surface area contributed by atoms with Gasteiger partial charge in [0.1, 0.15) is 0 Å². The minimum Gasteiger partial charge on any atom is -0.359 e. The highest BCUT2D eigenvalue weighted by atomic mass is 32.1. The molecule has 0 aliphatic carbocycles. The second kappa shape index (κ2) is 15.8. The fourth-order valence-electron chi connectivity index (χ4n) is 0.0833. The van der Waals surface area contributed by atoms with Gasteiger partial charge in [-0.2, -0.15) is 12.6 Å². The van der Waals surface area contributed by atoms with E-state index in [-0.39, 0.29) is 0 Å². The fourth-order valence-corrected chi connectivity index (χ4v) is 0.0833. The summed E-state index contributed by atoms with van der Waals surface area (Å²) in [6.07, 6.45) is 0.681. The van der Waals surface area contributed by atoms with Gasteiger partial charge in [-0.1, -0.05) is 6.92 Å². The lowest BCUT2D eigenvalue weighted by atomic mass is 10.8. The van der Waals surface area contributed by atoms with Gasteiger partial charge in [0.15, 0.2) is 0 Å². The maximum absolute atomic E-state index is 9.29. The molecule has 2 nitrogen and oxygen atoms in total. The van der Waals surface area contributed by atoms with Crippen molar-refractivity contribution in [2.75, 3.05) is 12.3 Å². The fraction of sp³-hybridized carbons (Fsp3) is 0.800. The third kappa shape index (κ3) is 40.8. The second-order valence-corrected chi connectivity index (χ2v) is 1.62. The van der Waals surface area contributed by atoms with Crippen LogP contribution in [-0.4, -0.2) is 18.7 Å². The van der Waals surface area contributed by atoms with Crippen molar-refractivity contribution >= 4 is 19.0 Å². The first kappa shape index (κ1) is 10.7. The van der Waals surface area contributed by atoms with Crippen LogP contribution in [0.5, 0.6) is 0 Å². The van der Waals surface area contributed by atoms with E-state index in [9.17, 15) is 4.79 Å². The highest BCUT2D eigenvalue weighted by molar-refractivity contribution is 7.80. The van der Waals surface area contributed by atoms with Crippen molar-refractivity contribution in [1.82, 2.24) is 5.32 Å². The Morgan fingerprint density at radius 1 is 1.62 bits per heavy atom. The molecule has 0 aliphatic heterocycles. The molecule has 0 aromatic heterocycles. The highest BCUT2D eigenvalue weighted by Gasteiger charge is 1.59. The van der Waals surface area contributed by atoms with Gasteiger partial charge in [-0.05, 0) is 12.7 Å². The molecule has 0 aromatic rings. The molecule has 0 atom stereocenters. The monoisotopic (exact) mass is 135 g/mol. The lowest BCUT2D eigenvalue weighted by molar-refractivity contribution is -0.109. The molecule has 1 N–H and O–H groups in total. The van der Waals surface area contributed by atoms with Crippen LogP contribution >= 0.6 is 12.6 Å². The van der Waals surface area contributed by atoms with Crippen LogP contribution in [0.15, 0.2) is 0 Å². The summed E-state index contributed by atoms with van der Waals surface area (Å²) in [4.78, 5) is 9.29. The number of hydrogen-bond donors (Lipinski definition) is 2. The number of amides is 1. The van der Waals surface area contributed by atoms with E-state index in [1.54, 1.807) is 0 Å². The Morgan fingerprint density at radius 2 is 2.00 bits per heavy atom. The van der Waals surface area contributed by atoms with Gasteiger partial charge >= 0.3 is 0 Å². The first-order valence-electron chi connectivity index (χ1n) is 2.61. The number of nitrogens with one attached hydrogen (secondary N) is 1. The van der Waals surface area contributed by atoms with E-state index >= 15 is 0 Å². The zero-order valence-corrected chi connectivity index (χ0v) is 6.24. The molecule has 0 unspecified atom stereocenters. The van der Waals surface area contributed by atoms with Crippen LogP contribution < -0.4 is 5.32 Å². The van der Waals surface area contributed by atoms with E-state index in [0.717, 1.165) is 12.3 Å². The largest absolute Gasteiger partial charge is 0.359 e. The number of rotatable bonds is 2. The molecule has 0 radical (unpaired) electrons. The summed E-state index contributed by atoms with van der Waals surface area (Å²) in [6.45, 7) is 4.58. The van der Waals surface area contributed by atoms with Crippen molar-refractivity contribution in [3.8, 4) is 0 Å². The summed E-state index contributed by atoms with van der Waals surface area (Å²) in [5.41, 5.74) is 0. The van der Waals surface area contributed by atoms with E-state index in [1.807, 2.05) is 13.8 Å². The summed E-state index contributed by atoms with van der Waals surface area (Å²) in [5.74, 6) is 0.944. The Labute approximate surface area is 56.1 Å². The smallest absolute Gasteiger partial charge is 0.207 e. The quantitative estimate of drug-likeness (QED) is 0.423. The van der Waals surface area contributed by atoms with Crippen molar-refractivity contribution in [3.05, 3.63) is 0 Å². The topological polar surface area (TPSA) is 29.1 Å². The lowest BCUT2D eigenvalue weighted by Gasteiger charge is -1.78. The summed E-state index contributed by atoms with van der Waals surface area (Å²) >= 11 is 3.79. The predicted octanol–water partition coefficient (Wildman–Crippen LogP) is 0.688. The SMILES string of the molecule is CCNC=O.CCS. The van der Waals surface area contributed by atoms with Gasteiger partial charge in [0.25, 0.3) is 0 Å². The zero-order chi connectivity index (χ0) is 6.83. The summed E-state index contributed by atoms with van der Waals surface area (Å²) in [7, 11) is 0. The molecule has 50 valence electrons. The van der Waals surface area contributed by atoms with Crippen LogP contribution in [0.4, 0.5) is 0 Å². The van der Waals surface area contributed by atoms with Crippen LogP contribution in [0.3, 0.4) is 0 Å². The number of thiol groups is 1. The number of carbonyl (C=O) groups excluding carboxylic acids is 1. The maximum atomic E-state index is 9.29. The molecule has 0 aliphatic rings. The minimum absolute atomic E-state index is 0.681. The van der Waals surface area contributed by atoms with Gasteiger partial charge in [-0.3, -0.25) is 4.79 Å². The Hall–Kier alpha value is -0.180. The molecule has 1 amide bonds. The van der Waals surface area contributed by atoms with E-state index in [2.05, 4.69) is 17.9 Å². The molecular formula is C5H13NOS. The number of carbonyl (C=O) groups is 1. The second-order valence-electron chi connectivity index (χ2n) is 0.992. The van der Waals surface area contributed by atoms with E-state index in [0.29, 0.717) is 6.41 Å². The predicted molar refractivity (Wildman–Crippen MR) is 39.3 cm³/mol. The Bertz CT molecular complexity index is 41.4. The molecule has 0 saturated carbocycles. The molecule has 8 heavy (non-hydrogen) atoms. The van der Waals surface area contributed by atoms with Crippen molar-refractivity contribution in [3.63, 3.8) is 0 Å². The van der Waals surface area contributed by atoms with E-state index < -0.39 is 0 Å². The Kier molecular flexibility index (Phi) is 21.2. The molecular weight excluding hydrogens is 122 g/mol. The normalized spacial score (nSPS) is 6.38. The van der Waals surface area contributed by atoms with Crippen LogP contribution in [0, 0.1) is 0 Å². The zero-order valence-electron chi connectivity index (χ0n) is 5.35. The van der Waals surface area contributed by atoms with Crippen molar-refractivity contribution in [2.45, 2.75) is 13.8 Å².